The summed E-state index contributed by atoms with van der Waals surface area (Å²) in [6.07, 6.45) is 0.787. The fourth-order valence-electron chi connectivity index (χ4n) is 1.39. The third-order valence-corrected chi connectivity index (χ3v) is 2.34. The number of benzene rings is 1. The molecule has 0 aromatic heterocycles. The first-order valence-electron chi connectivity index (χ1n) is 5.92. The van der Waals surface area contributed by atoms with Gasteiger partial charge in [0.25, 0.3) is 0 Å². The molecule has 0 aliphatic heterocycles. The molecule has 0 heterocycles. The Hall–Kier alpha value is -1.43. The zero-order valence-electron chi connectivity index (χ0n) is 10.6. The topological polar surface area (TPSA) is 73.6 Å². The van der Waals surface area contributed by atoms with Crippen LogP contribution in [0.15, 0.2) is 24.3 Å². The third-order valence-electron chi connectivity index (χ3n) is 2.34. The average molecular weight is 252 g/mol. The van der Waals surface area contributed by atoms with Gasteiger partial charge in [0.05, 0.1) is 0 Å². The SMILES string of the molecule is COCCCOCC(=O)Nc1ccc(CN)cc1. The Morgan fingerprint density at radius 2 is 2.00 bits per heavy atom. The minimum absolute atomic E-state index is 0.0579. The molecule has 5 heteroatoms. The maximum absolute atomic E-state index is 11.5. The summed E-state index contributed by atoms with van der Waals surface area (Å²) in [4.78, 5) is 11.5. The molecule has 0 saturated carbocycles. The standard InChI is InChI=1S/C13H20N2O3/c1-17-7-2-8-18-10-13(16)15-12-5-3-11(9-14)4-6-12/h3-6H,2,7-10,14H2,1H3,(H,15,16). The van der Waals surface area contributed by atoms with E-state index in [1.807, 2.05) is 24.3 Å². The second-order valence-electron chi connectivity index (χ2n) is 3.85. The summed E-state index contributed by atoms with van der Waals surface area (Å²) >= 11 is 0. The molecule has 1 amide bonds. The molecule has 0 aliphatic carbocycles. The van der Waals surface area contributed by atoms with Gasteiger partial charge in [-0.25, -0.2) is 0 Å². The van der Waals surface area contributed by atoms with E-state index in [0.717, 1.165) is 17.7 Å². The molecule has 0 unspecified atom stereocenters. The van der Waals surface area contributed by atoms with Crippen molar-refractivity contribution in [3.8, 4) is 0 Å². The van der Waals surface area contributed by atoms with Crippen LogP contribution in [0.1, 0.15) is 12.0 Å². The number of methoxy groups -OCH3 is 1. The molecule has 0 saturated heterocycles. The molecule has 0 spiro atoms. The van der Waals surface area contributed by atoms with Crippen LogP contribution < -0.4 is 11.1 Å². The summed E-state index contributed by atoms with van der Waals surface area (Å²) < 4.78 is 10.1. The molecule has 1 aromatic carbocycles. The number of ether oxygens (including phenoxy) is 2. The highest BCUT2D eigenvalue weighted by atomic mass is 16.5. The van der Waals surface area contributed by atoms with Gasteiger partial charge in [0.1, 0.15) is 6.61 Å². The molecule has 0 atom stereocenters. The van der Waals surface area contributed by atoms with Gasteiger partial charge >= 0.3 is 0 Å². The van der Waals surface area contributed by atoms with E-state index in [9.17, 15) is 4.79 Å². The first-order valence-corrected chi connectivity index (χ1v) is 5.92. The van der Waals surface area contributed by atoms with Crippen LogP contribution in [0.25, 0.3) is 0 Å². The van der Waals surface area contributed by atoms with Crippen molar-refractivity contribution in [2.75, 3.05) is 32.2 Å². The Labute approximate surface area is 107 Å². The van der Waals surface area contributed by atoms with Crippen LogP contribution >= 0.6 is 0 Å². The summed E-state index contributed by atoms with van der Waals surface area (Å²) in [6, 6.07) is 7.42. The number of nitrogens with two attached hydrogens (primary N) is 1. The summed E-state index contributed by atoms with van der Waals surface area (Å²) in [5.74, 6) is -0.159. The molecule has 0 fully saturated rings. The molecular weight excluding hydrogens is 232 g/mol. The molecule has 3 N–H and O–H groups in total. The van der Waals surface area contributed by atoms with E-state index in [2.05, 4.69) is 5.32 Å². The van der Waals surface area contributed by atoms with Gasteiger partial charge in [-0.3, -0.25) is 4.79 Å². The van der Waals surface area contributed by atoms with Crippen LogP contribution in [0.3, 0.4) is 0 Å². The molecule has 1 rings (SSSR count). The van der Waals surface area contributed by atoms with Crippen LogP contribution in [0.5, 0.6) is 0 Å². The lowest BCUT2D eigenvalue weighted by Crippen LogP contribution is -2.19. The maximum atomic E-state index is 11.5. The second kappa shape index (κ2) is 8.63. The molecule has 0 radical (unpaired) electrons. The molecule has 5 nitrogen and oxygen atoms in total. The fourth-order valence-corrected chi connectivity index (χ4v) is 1.39. The number of hydrogen-bond donors (Lipinski definition) is 2. The van der Waals surface area contributed by atoms with Crippen molar-refractivity contribution < 1.29 is 14.3 Å². The minimum Gasteiger partial charge on any atom is -0.385 e. The van der Waals surface area contributed by atoms with Crippen molar-refractivity contribution in [2.24, 2.45) is 5.73 Å². The summed E-state index contributed by atoms with van der Waals surface area (Å²) in [7, 11) is 1.64. The zero-order valence-corrected chi connectivity index (χ0v) is 10.6. The monoisotopic (exact) mass is 252 g/mol. The number of amides is 1. The van der Waals surface area contributed by atoms with Gasteiger partial charge in [-0.2, -0.15) is 0 Å². The fraction of sp³-hybridized carbons (Fsp3) is 0.462. The molecule has 0 aliphatic rings. The Kier molecular flexibility index (Phi) is 7.01. The van der Waals surface area contributed by atoms with Gasteiger partial charge in [0, 0.05) is 32.6 Å². The first-order chi connectivity index (χ1) is 8.76. The highest BCUT2D eigenvalue weighted by molar-refractivity contribution is 5.91. The van der Waals surface area contributed by atoms with Gasteiger partial charge in [-0.1, -0.05) is 12.1 Å². The van der Waals surface area contributed by atoms with Crippen molar-refractivity contribution in [2.45, 2.75) is 13.0 Å². The van der Waals surface area contributed by atoms with Gasteiger partial charge in [-0.15, -0.1) is 0 Å². The third kappa shape index (κ3) is 5.77. The average Bonchev–Trinajstić information content (AvgIpc) is 2.39. The second-order valence-corrected chi connectivity index (χ2v) is 3.85. The lowest BCUT2D eigenvalue weighted by Gasteiger charge is -2.06. The van der Waals surface area contributed by atoms with E-state index >= 15 is 0 Å². The van der Waals surface area contributed by atoms with E-state index in [0.29, 0.717) is 19.8 Å². The van der Waals surface area contributed by atoms with E-state index in [4.69, 9.17) is 15.2 Å². The number of anilines is 1. The first kappa shape index (κ1) is 14.6. The maximum Gasteiger partial charge on any atom is 0.250 e. The molecular formula is C13H20N2O3. The Morgan fingerprint density at radius 1 is 1.28 bits per heavy atom. The minimum atomic E-state index is -0.159. The zero-order chi connectivity index (χ0) is 13.2. The Bertz CT molecular complexity index is 352. The highest BCUT2D eigenvalue weighted by Crippen LogP contribution is 2.08. The normalized spacial score (nSPS) is 10.3. The molecule has 1 aromatic rings. The number of nitrogens with one attached hydrogen (secondary N) is 1. The van der Waals surface area contributed by atoms with Crippen molar-refractivity contribution in [1.82, 2.24) is 0 Å². The summed E-state index contributed by atoms with van der Waals surface area (Å²) in [5, 5.41) is 2.75. The van der Waals surface area contributed by atoms with Crippen LogP contribution in [0.2, 0.25) is 0 Å². The summed E-state index contributed by atoms with van der Waals surface area (Å²) in [5.41, 5.74) is 7.27. The van der Waals surface area contributed by atoms with Crippen molar-refractivity contribution in [3.05, 3.63) is 29.8 Å². The molecule has 0 bridgehead atoms. The van der Waals surface area contributed by atoms with Crippen LogP contribution in [0, 0.1) is 0 Å². The van der Waals surface area contributed by atoms with E-state index in [1.165, 1.54) is 0 Å². The number of hydrogen-bond acceptors (Lipinski definition) is 4. The van der Waals surface area contributed by atoms with E-state index in [-0.39, 0.29) is 12.5 Å². The highest BCUT2D eigenvalue weighted by Gasteiger charge is 2.02. The predicted molar refractivity (Wildman–Crippen MR) is 70.3 cm³/mol. The van der Waals surface area contributed by atoms with Gasteiger partial charge < -0.3 is 20.5 Å². The van der Waals surface area contributed by atoms with Crippen molar-refractivity contribution in [3.63, 3.8) is 0 Å². The van der Waals surface area contributed by atoms with Crippen LogP contribution in [-0.4, -0.2) is 32.8 Å². The van der Waals surface area contributed by atoms with E-state index < -0.39 is 0 Å². The predicted octanol–water partition coefficient (Wildman–Crippen LogP) is 1.14. The summed E-state index contributed by atoms with van der Waals surface area (Å²) in [6.45, 7) is 1.72. The number of carbonyl (C=O) groups excluding carboxylic acids is 1. The number of carbonyl (C=O) groups is 1. The van der Waals surface area contributed by atoms with Gasteiger partial charge in [-0.05, 0) is 24.1 Å². The van der Waals surface area contributed by atoms with Gasteiger partial charge in [0.15, 0.2) is 0 Å². The van der Waals surface area contributed by atoms with Gasteiger partial charge in [0.2, 0.25) is 5.91 Å². The lowest BCUT2D eigenvalue weighted by atomic mass is 10.2. The lowest BCUT2D eigenvalue weighted by molar-refractivity contribution is -0.120. The number of rotatable bonds is 8. The quantitative estimate of drug-likeness (QED) is 0.680. The Balaban J connectivity index is 2.22. The Morgan fingerprint density at radius 3 is 2.61 bits per heavy atom. The van der Waals surface area contributed by atoms with Crippen molar-refractivity contribution in [1.29, 1.82) is 0 Å². The molecule has 18 heavy (non-hydrogen) atoms. The van der Waals surface area contributed by atoms with E-state index in [1.54, 1.807) is 7.11 Å². The van der Waals surface area contributed by atoms with Crippen LogP contribution in [-0.2, 0) is 20.8 Å². The van der Waals surface area contributed by atoms with Crippen molar-refractivity contribution >= 4 is 11.6 Å². The smallest absolute Gasteiger partial charge is 0.250 e. The molecule has 100 valence electrons. The van der Waals surface area contributed by atoms with Crippen LogP contribution in [0.4, 0.5) is 5.69 Å². The largest absolute Gasteiger partial charge is 0.385 e.